The molecule has 0 saturated heterocycles. The summed E-state index contributed by atoms with van der Waals surface area (Å²) in [6.45, 7) is 4.74. The Labute approximate surface area is 189 Å². The van der Waals surface area contributed by atoms with Crippen molar-refractivity contribution in [1.82, 2.24) is 19.9 Å². The third-order valence-corrected chi connectivity index (χ3v) is 6.17. The zero-order valence-electron chi connectivity index (χ0n) is 18.0. The molecule has 4 aromatic rings. The number of rotatable bonds is 8. The van der Waals surface area contributed by atoms with Crippen LogP contribution in [0.1, 0.15) is 33.2 Å². The number of carbonyl (C=O) groups excluding carboxylic acids is 1. The minimum absolute atomic E-state index is 0.0375. The molecule has 4 aromatic heterocycles. The number of aromatic amines is 1. The lowest BCUT2D eigenvalue weighted by Gasteiger charge is -2.21. The van der Waals surface area contributed by atoms with Crippen molar-refractivity contribution in [3.8, 4) is 11.4 Å². The van der Waals surface area contributed by atoms with Crippen LogP contribution in [-0.2, 0) is 24.3 Å². The first-order valence-electron chi connectivity index (χ1n) is 10.4. The molecule has 4 heterocycles. The van der Waals surface area contributed by atoms with Gasteiger partial charge in [0.15, 0.2) is 0 Å². The Morgan fingerprint density at radius 2 is 1.94 bits per heavy atom. The molecule has 0 radical (unpaired) electrons. The van der Waals surface area contributed by atoms with E-state index in [0.29, 0.717) is 36.6 Å². The van der Waals surface area contributed by atoms with Gasteiger partial charge in [0.1, 0.15) is 11.6 Å². The molecule has 0 aliphatic heterocycles. The van der Waals surface area contributed by atoms with Gasteiger partial charge in [0, 0.05) is 45.4 Å². The minimum atomic E-state index is -0.219. The second-order valence-corrected chi connectivity index (χ2v) is 8.93. The van der Waals surface area contributed by atoms with Crippen LogP contribution < -0.4 is 5.56 Å². The number of hydrogen-bond acceptors (Lipinski definition) is 6. The SMILES string of the molecule is Cc1ccc(CN(Cc2ccco2)C(=O)CCc2c(C)nc(-c3ccncc3)[nH]c2=O)s1. The molecule has 0 saturated carbocycles. The molecule has 0 aliphatic rings. The summed E-state index contributed by atoms with van der Waals surface area (Å²) in [5.74, 6) is 1.19. The van der Waals surface area contributed by atoms with Gasteiger partial charge in [0.05, 0.1) is 19.4 Å². The Balaban J connectivity index is 1.49. The standard InChI is InChI=1S/C24H24N4O3S/c1-16-5-6-20(32-16)15-28(14-19-4-3-13-31-19)22(29)8-7-21-17(2)26-23(27-24(21)30)18-9-11-25-12-10-18/h3-6,9-13H,7-8,14-15H2,1-2H3,(H,26,27,30). The monoisotopic (exact) mass is 448 g/mol. The van der Waals surface area contributed by atoms with Crippen LogP contribution in [0.4, 0.5) is 0 Å². The number of nitrogens with zero attached hydrogens (tertiary/aromatic N) is 3. The molecule has 4 rings (SSSR count). The van der Waals surface area contributed by atoms with Crippen molar-refractivity contribution in [2.45, 2.75) is 39.8 Å². The average Bonchev–Trinajstić information content (AvgIpc) is 3.44. The molecule has 0 unspecified atom stereocenters. The topological polar surface area (TPSA) is 92.1 Å². The third-order valence-electron chi connectivity index (χ3n) is 5.19. The molecule has 32 heavy (non-hydrogen) atoms. The largest absolute Gasteiger partial charge is 0.467 e. The van der Waals surface area contributed by atoms with Gasteiger partial charge in [-0.2, -0.15) is 0 Å². The lowest BCUT2D eigenvalue weighted by Crippen LogP contribution is -2.30. The summed E-state index contributed by atoms with van der Waals surface area (Å²) in [5, 5.41) is 0. The number of nitrogens with one attached hydrogen (secondary N) is 1. The summed E-state index contributed by atoms with van der Waals surface area (Å²) in [5.41, 5.74) is 1.73. The first-order valence-corrected chi connectivity index (χ1v) is 11.2. The van der Waals surface area contributed by atoms with E-state index in [9.17, 15) is 9.59 Å². The van der Waals surface area contributed by atoms with Gasteiger partial charge in [-0.1, -0.05) is 0 Å². The van der Waals surface area contributed by atoms with Gasteiger partial charge >= 0.3 is 0 Å². The normalized spacial score (nSPS) is 10.9. The zero-order valence-corrected chi connectivity index (χ0v) is 18.8. The fraction of sp³-hybridized carbons (Fsp3) is 0.250. The number of pyridine rings is 1. The Morgan fingerprint density at radius 3 is 2.59 bits per heavy atom. The highest BCUT2D eigenvalue weighted by Crippen LogP contribution is 2.20. The molecule has 0 bridgehead atoms. The van der Waals surface area contributed by atoms with Crippen molar-refractivity contribution in [2.75, 3.05) is 0 Å². The van der Waals surface area contributed by atoms with E-state index in [2.05, 4.69) is 21.0 Å². The van der Waals surface area contributed by atoms with Gasteiger partial charge in [0.2, 0.25) is 5.91 Å². The number of aryl methyl sites for hydroxylation is 2. The highest BCUT2D eigenvalue weighted by Gasteiger charge is 2.19. The molecule has 0 fully saturated rings. The van der Waals surface area contributed by atoms with E-state index in [1.54, 1.807) is 54.0 Å². The van der Waals surface area contributed by atoms with Gasteiger partial charge in [-0.25, -0.2) is 4.98 Å². The van der Waals surface area contributed by atoms with Gasteiger partial charge in [0.25, 0.3) is 5.56 Å². The van der Waals surface area contributed by atoms with E-state index in [-0.39, 0.29) is 17.9 Å². The van der Waals surface area contributed by atoms with Crippen LogP contribution in [0.15, 0.2) is 64.3 Å². The van der Waals surface area contributed by atoms with Crippen LogP contribution in [0.3, 0.4) is 0 Å². The summed E-state index contributed by atoms with van der Waals surface area (Å²) in [6, 6.07) is 11.3. The third kappa shape index (κ3) is 5.20. The predicted molar refractivity (Wildman–Crippen MR) is 123 cm³/mol. The number of thiophene rings is 1. The number of H-pyrrole nitrogens is 1. The molecule has 7 nitrogen and oxygen atoms in total. The number of furan rings is 1. The second kappa shape index (κ2) is 9.74. The maximum absolute atomic E-state index is 13.1. The highest BCUT2D eigenvalue weighted by atomic mass is 32.1. The number of hydrogen-bond donors (Lipinski definition) is 1. The molecule has 0 spiro atoms. The lowest BCUT2D eigenvalue weighted by molar-refractivity contribution is -0.132. The number of amides is 1. The Bertz CT molecular complexity index is 1250. The van der Waals surface area contributed by atoms with Crippen molar-refractivity contribution in [1.29, 1.82) is 0 Å². The summed E-state index contributed by atoms with van der Waals surface area (Å²) in [7, 11) is 0. The Hall–Kier alpha value is -3.52. The summed E-state index contributed by atoms with van der Waals surface area (Å²) in [4.78, 5) is 41.3. The Kier molecular flexibility index (Phi) is 6.61. The van der Waals surface area contributed by atoms with E-state index < -0.39 is 0 Å². The molecule has 1 amide bonds. The van der Waals surface area contributed by atoms with Crippen LogP contribution in [0.5, 0.6) is 0 Å². The van der Waals surface area contributed by atoms with Gasteiger partial charge in [-0.3, -0.25) is 14.6 Å². The molecule has 164 valence electrons. The average molecular weight is 449 g/mol. The maximum Gasteiger partial charge on any atom is 0.254 e. The molecule has 0 atom stereocenters. The molecular weight excluding hydrogens is 424 g/mol. The van der Waals surface area contributed by atoms with Crippen molar-refractivity contribution in [2.24, 2.45) is 0 Å². The van der Waals surface area contributed by atoms with E-state index in [1.807, 2.05) is 25.1 Å². The van der Waals surface area contributed by atoms with Gasteiger partial charge in [-0.05, 0) is 56.7 Å². The highest BCUT2D eigenvalue weighted by molar-refractivity contribution is 7.11. The first-order chi connectivity index (χ1) is 15.5. The smallest absolute Gasteiger partial charge is 0.254 e. The van der Waals surface area contributed by atoms with Crippen LogP contribution in [-0.4, -0.2) is 25.8 Å². The van der Waals surface area contributed by atoms with Crippen LogP contribution >= 0.6 is 11.3 Å². The molecule has 1 N–H and O–H groups in total. The molecule has 0 aliphatic carbocycles. The van der Waals surface area contributed by atoms with Crippen LogP contribution in [0, 0.1) is 13.8 Å². The van der Waals surface area contributed by atoms with Gasteiger partial charge < -0.3 is 14.3 Å². The zero-order chi connectivity index (χ0) is 22.5. The Morgan fingerprint density at radius 1 is 1.12 bits per heavy atom. The van der Waals surface area contributed by atoms with Crippen molar-refractivity contribution >= 4 is 17.2 Å². The summed E-state index contributed by atoms with van der Waals surface area (Å²) >= 11 is 1.67. The van der Waals surface area contributed by atoms with Crippen molar-refractivity contribution in [3.05, 3.63) is 92.2 Å². The lowest BCUT2D eigenvalue weighted by atomic mass is 10.1. The minimum Gasteiger partial charge on any atom is -0.467 e. The fourth-order valence-electron chi connectivity index (χ4n) is 3.52. The quantitative estimate of drug-likeness (QED) is 0.435. The predicted octanol–water partition coefficient (Wildman–Crippen LogP) is 4.26. The first kappa shape index (κ1) is 21.7. The van der Waals surface area contributed by atoms with E-state index in [4.69, 9.17) is 4.42 Å². The van der Waals surface area contributed by atoms with E-state index in [0.717, 1.165) is 16.2 Å². The van der Waals surface area contributed by atoms with Crippen molar-refractivity contribution in [3.63, 3.8) is 0 Å². The number of carbonyl (C=O) groups is 1. The van der Waals surface area contributed by atoms with E-state index >= 15 is 0 Å². The fourth-order valence-corrected chi connectivity index (χ4v) is 4.43. The second-order valence-electron chi connectivity index (χ2n) is 7.56. The maximum atomic E-state index is 13.1. The van der Waals surface area contributed by atoms with Gasteiger partial charge in [-0.15, -0.1) is 11.3 Å². The van der Waals surface area contributed by atoms with Crippen molar-refractivity contribution < 1.29 is 9.21 Å². The molecular formula is C24H24N4O3S. The molecule has 8 heteroatoms. The number of aromatic nitrogens is 3. The molecule has 0 aromatic carbocycles. The van der Waals surface area contributed by atoms with Crippen LogP contribution in [0.2, 0.25) is 0 Å². The summed E-state index contributed by atoms with van der Waals surface area (Å²) in [6.07, 6.45) is 5.44. The summed E-state index contributed by atoms with van der Waals surface area (Å²) < 4.78 is 5.45. The van der Waals surface area contributed by atoms with E-state index in [1.165, 1.54) is 4.88 Å². The van der Waals surface area contributed by atoms with Crippen LogP contribution in [0.25, 0.3) is 11.4 Å².